The molecule has 0 bridgehead atoms. The standard InChI is InChI=1S/C18H22N4O4/c1-13(21-18(24)15-3-7-26-12-15)17(23)20-11-14-2-4-19-16(10-14)22-5-8-25-9-6-22/h2-4,7,10,12-13H,5-6,8-9,11H2,1H3,(H,20,23)(H,21,24)/t13-/m1/s1. The van der Waals surface area contributed by atoms with Gasteiger partial charge in [0.1, 0.15) is 18.1 Å². The molecule has 3 heterocycles. The molecule has 8 heteroatoms. The Morgan fingerprint density at radius 3 is 2.85 bits per heavy atom. The number of morpholine rings is 1. The number of nitrogens with one attached hydrogen (secondary N) is 2. The van der Waals surface area contributed by atoms with Crippen LogP contribution in [0.4, 0.5) is 5.82 Å². The van der Waals surface area contributed by atoms with E-state index in [9.17, 15) is 9.59 Å². The minimum Gasteiger partial charge on any atom is -0.472 e. The molecule has 0 radical (unpaired) electrons. The molecule has 8 nitrogen and oxygen atoms in total. The number of anilines is 1. The Bertz CT molecular complexity index is 741. The van der Waals surface area contributed by atoms with E-state index >= 15 is 0 Å². The molecule has 2 N–H and O–H groups in total. The van der Waals surface area contributed by atoms with Gasteiger partial charge in [0.15, 0.2) is 0 Å². The van der Waals surface area contributed by atoms with Gasteiger partial charge in [-0.3, -0.25) is 9.59 Å². The van der Waals surface area contributed by atoms with E-state index in [1.807, 2.05) is 12.1 Å². The highest BCUT2D eigenvalue weighted by Gasteiger charge is 2.17. The maximum absolute atomic E-state index is 12.2. The number of aromatic nitrogens is 1. The lowest BCUT2D eigenvalue weighted by molar-refractivity contribution is -0.122. The summed E-state index contributed by atoms with van der Waals surface area (Å²) in [5.41, 5.74) is 1.33. The Kier molecular flexibility index (Phi) is 5.85. The Morgan fingerprint density at radius 2 is 2.12 bits per heavy atom. The van der Waals surface area contributed by atoms with Crippen molar-refractivity contribution in [2.75, 3.05) is 31.2 Å². The highest BCUT2D eigenvalue weighted by atomic mass is 16.5. The minimum absolute atomic E-state index is 0.258. The Labute approximate surface area is 151 Å². The van der Waals surface area contributed by atoms with Gasteiger partial charge in [-0.15, -0.1) is 0 Å². The van der Waals surface area contributed by atoms with Gasteiger partial charge >= 0.3 is 0 Å². The first-order valence-electron chi connectivity index (χ1n) is 8.52. The molecule has 1 aliphatic heterocycles. The van der Waals surface area contributed by atoms with Crippen LogP contribution in [-0.4, -0.2) is 49.1 Å². The van der Waals surface area contributed by atoms with E-state index in [1.54, 1.807) is 19.2 Å². The molecule has 1 atom stereocenters. The highest BCUT2D eigenvalue weighted by molar-refractivity contribution is 5.97. The smallest absolute Gasteiger partial charge is 0.255 e. The number of rotatable bonds is 6. The summed E-state index contributed by atoms with van der Waals surface area (Å²) >= 11 is 0. The Balaban J connectivity index is 1.51. The van der Waals surface area contributed by atoms with Gasteiger partial charge in [0.2, 0.25) is 5.91 Å². The van der Waals surface area contributed by atoms with Crippen molar-refractivity contribution in [3.05, 3.63) is 48.0 Å². The molecular weight excluding hydrogens is 336 g/mol. The van der Waals surface area contributed by atoms with Gasteiger partial charge in [0, 0.05) is 25.8 Å². The predicted octanol–water partition coefficient (Wildman–Crippen LogP) is 0.946. The number of hydrogen-bond acceptors (Lipinski definition) is 6. The summed E-state index contributed by atoms with van der Waals surface area (Å²) in [6, 6.07) is 4.71. The average Bonchev–Trinajstić information content (AvgIpc) is 3.22. The van der Waals surface area contributed by atoms with Crippen LogP contribution in [0.2, 0.25) is 0 Å². The third kappa shape index (κ3) is 4.60. The lowest BCUT2D eigenvalue weighted by Gasteiger charge is -2.28. The number of hydrogen-bond donors (Lipinski definition) is 2. The quantitative estimate of drug-likeness (QED) is 0.798. The number of ether oxygens (including phenoxy) is 1. The number of nitrogens with zero attached hydrogens (tertiary/aromatic N) is 2. The maximum Gasteiger partial charge on any atom is 0.255 e. The van der Waals surface area contributed by atoms with Gasteiger partial charge in [-0.2, -0.15) is 0 Å². The van der Waals surface area contributed by atoms with Crippen molar-refractivity contribution in [3.63, 3.8) is 0 Å². The van der Waals surface area contributed by atoms with E-state index < -0.39 is 6.04 Å². The van der Waals surface area contributed by atoms with E-state index in [-0.39, 0.29) is 11.8 Å². The SMILES string of the molecule is C[C@@H](NC(=O)c1ccoc1)C(=O)NCc1ccnc(N2CCOCC2)c1. The molecule has 0 spiro atoms. The maximum atomic E-state index is 12.2. The first-order valence-corrected chi connectivity index (χ1v) is 8.52. The summed E-state index contributed by atoms with van der Waals surface area (Å²) in [5.74, 6) is 0.271. The molecule has 138 valence electrons. The van der Waals surface area contributed by atoms with E-state index in [2.05, 4.69) is 20.5 Å². The molecule has 0 aromatic carbocycles. The summed E-state index contributed by atoms with van der Waals surface area (Å²) in [7, 11) is 0. The Hall–Kier alpha value is -2.87. The van der Waals surface area contributed by atoms with Crippen molar-refractivity contribution in [1.29, 1.82) is 0 Å². The fourth-order valence-corrected chi connectivity index (χ4v) is 2.62. The number of carbonyl (C=O) groups is 2. The van der Waals surface area contributed by atoms with Crippen molar-refractivity contribution in [2.24, 2.45) is 0 Å². The van der Waals surface area contributed by atoms with Crippen molar-refractivity contribution >= 4 is 17.6 Å². The third-order valence-electron chi connectivity index (χ3n) is 4.14. The molecule has 1 aliphatic rings. The zero-order valence-electron chi connectivity index (χ0n) is 14.6. The average molecular weight is 358 g/mol. The molecular formula is C18H22N4O4. The van der Waals surface area contributed by atoms with Crippen LogP contribution < -0.4 is 15.5 Å². The number of pyridine rings is 1. The van der Waals surface area contributed by atoms with Gasteiger partial charge in [-0.05, 0) is 30.7 Å². The van der Waals surface area contributed by atoms with E-state index in [4.69, 9.17) is 9.15 Å². The molecule has 3 rings (SSSR count). The molecule has 1 fully saturated rings. The molecule has 0 unspecified atom stereocenters. The van der Waals surface area contributed by atoms with Crippen LogP contribution in [0.25, 0.3) is 0 Å². The van der Waals surface area contributed by atoms with Crippen LogP contribution in [0.5, 0.6) is 0 Å². The molecule has 2 aromatic rings. The lowest BCUT2D eigenvalue weighted by Crippen LogP contribution is -2.44. The summed E-state index contributed by atoms with van der Waals surface area (Å²) in [5, 5.41) is 5.47. The van der Waals surface area contributed by atoms with Crippen LogP contribution in [-0.2, 0) is 16.1 Å². The van der Waals surface area contributed by atoms with Crippen molar-refractivity contribution in [3.8, 4) is 0 Å². The summed E-state index contributed by atoms with van der Waals surface area (Å²) in [6.07, 6.45) is 4.48. The molecule has 26 heavy (non-hydrogen) atoms. The van der Waals surface area contributed by atoms with Crippen LogP contribution in [0.1, 0.15) is 22.8 Å². The fourth-order valence-electron chi connectivity index (χ4n) is 2.62. The van der Waals surface area contributed by atoms with Crippen LogP contribution in [0.3, 0.4) is 0 Å². The van der Waals surface area contributed by atoms with Crippen molar-refractivity contribution < 1.29 is 18.7 Å². The van der Waals surface area contributed by atoms with Gasteiger partial charge in [-0.25, -0.2) is 4.98 Å². The van der Waals surface area contributed by atoms with E-state index in [1.165, 1.54) is 12.5 Å². The van der Waals surface area contributed by atoms with E-state index in [0.717, 1.165) is 24.5 Å². The third-order valence-corrected chi connectivity index (χ3v) is 4.14. The van der Waals surface area contributed by atoms with Crippen LogP contribution >= 0.6 is 0 Å². The molecule has 2 aromatic heterocycles. The fraction of sp³-hybridized carbons (Fsp3) is 0.389. The molecule has 2 amide bonds. The van der Waals surface area contributed by atoms with Gasteiger partial charge < -0.3 is 24.7 Å². The van der Waals surface area contributed by atoms with Crippen molar-refractivity contribution in [2.45, 2.75) is 19.5 Å². The Morgan fingerprint density at radius 1 is 1.31 bits per heavy atom. The second kappa shape index (κ2) is 8.48. The second-order valence-electron chi connectivity index (χ2n) is 6.05. The van der Waals surface area contributed by atoms with Crippen molar-refractivity contribution in [1.82, 2.24) is 15.6 Å². The minimum atomic E-state index is -0.655. The highest BCUT2D eigenvalue weighted by Crippen LogP contribution is 2.14. The van der Waals surface area contributed by atoms with Crippen LogP contribution in [0.15, 0.2) is 41.3 Å². The second-order valence-corrected chi connectivity index (χ2v) is 6.05. The molecule has 0 aliphatic carbocycles. The zero-order chi connectivity index (χ0) is 18.4. The summed E-state index contributed by atoms with van der Waals surface area (Å²) in [6.45, 7) is 5.00. The summed E-state index contributed by atoms with van der Waals surface area (Å²) < 4.78 is 10.2. The first-order chi connectivity index (χ1) is 12.6. The predicted molar refractivity (Wildman–Crippen MR) is 94.8 cm³/mol. The number of amides is 2. The number of carbonyl (C=O) groups excluding carboxylic acids is 2. The first kappa shape index (κ1) is 17.9. The lowest BCUT2D eigenvalue weighted by atomic mass is 10.2. The normalized spacial score (nSPS) is 15.3. The largest absolute Gasteiger partial charge is 0.472 e. The van der Waals surface area contributed by atoms with Gasteiger partial charge in [0.05, 0.1) is 25.0 Å². The summed E-state index contributed by atoms with van der Waals surface area (Å²) in [4.78, 5) is 30.7. The van der Waals surface area contributed by atoms with Gasteiger partial charge in [0.25, 0.3) is 5.91 Å². The van der Waals surface area contributed by atoms with Crippen LogP contribution in [0, 0.1) is 0 Å². The van der Waals surface area contributed by atoms with Gasteiger partial charge in [-0.1, -0.05) is 0 Å². The molecule has 1 saturated heterocycles. The van der Waals surface area contributed by atoms with E-state index in [0.29, 0.717) is 25.3 Å². The zero-order valence-corrected chi connectivity index (χ0v) is 14.6. The number of furan rings is 1. The monoisotopic (exact) mass is 358 g/mol. The molecule has 0 saturated carbocycles. The topological polar surface area (TPSA) is 96.7 Å².